The summed E-state index contributed by atoms with van der Waals surface area (Å²) in [5.41, 5.74) is 4.99. The molecule has 0 aliphatic rings. The van der Waals surface area contributed by atoms with E-state index in [1.165, 1.54) is 18.7 Å². The summed E-state index contributed by atoms with van der Waals surface area (Å²) in [6.45, 7) is 1.50. The summed E-state index contributed by atoms with van der Waals surface area (Å²) in [6.07, 6.45) is 0. The Morgan fingerprint density at radius 2 is 1.53 bits per heavy atom. The topological polar surface area (TPSA) is 82.8 Å². The average molecular weight is 464 g/mol. The van der Waals surface area contributed by atoms with Crippen molar-refractivity contribution in [3.63, 3.8) is 0 Å². The van der Waals surface area contributed by atoms with Gasteiger partial charge in [0, 0.05) is 22.4 Å². The van der Waals surface area contributed by atoms with Crippen molar-refractivity contribution < 1.29 is 9.59 Å². The van der Waals surface area contributed by atoms with Gasteiger partial charge in [-0.1, -0.05) is 72.4 Å². The third-order valence-corrected chi connectivity index (χ3v) is 6.14. The van der Waals surface area contributed by atoms with Crippen LogP contribution in [0.25, 0.3) is 22.4 Å². The lowest BCUT2D eigenvalue weighted by molar-refractivity contribution is -0.113. The van der Waals surface area contributed by atoms with Gasteiger partial charge in [0.05, 0.1) is 17.0 Å². The molecule has 0 aliphatic heterocycles. The number of benzene rings is 3. The molecule has 0 atom stereocenters. The van der Waals surface area contributed by atoms with E-state index < -0.39 is 0 Å². The minimum atomic E-state index is -0.224. The van der Waals surface area contributed by atoms with Crippen LogP contribution in [-0.4, -0.2) is 22.4 Å². The second kappa shape index (κ2) is 10.6. The van der Waals surface area contributed by atoms with Gasteiger partial charge in [-0.25, -0.2) is 4.98 Å². The Kier molecular flexibility index (Phi) is 7.16. The zero-order valence-corrected chi connectivity index (χ0v) is 19.3. The van der Waals surface area contributed by atoms with E-state index in [1.54, 1.807) is 24.3 Å². The number of Topliss-reactive ketones (excluding diaryl/α,β-unsaturated/α-hetero) is 1. The molecule has 0 fully saturated rings. The fourth-order valence-electron chi connectivity index (χ4n) is 3.46. The number of pyridine rings is 1. The van der Waals surface area contributed by atoms with E-state index in [0.29, 0.717) is 21.8 Å². The second-order valence-corrected chi connectivity index (χ2v) is 8.51. The number of carbonyl (C=O) groups is 2. The molecule has 1 amide bonds. The van der Waals surface area contributed by atoms with Crippen molar-refractivity contribution in [1.29, 1.82) is 5.26 Å². The predicted octanol–water partition coefficient (Wildman–Crippen LogP) is 6.22. The van der Waals surface area contributed by atoms with Crippen LogP contribution in [0.1, 0.15) is 22.8 Å². The number of hydrogen-bond donors (Lipinski definition) is 1. The highest BCUT2D eigenvalue weighted by atomic mass is 32.2. The van der Waals surface area contributed by atoms with Crippen molar-refractivity contribution in [2.45, 2.75) is 11.9 Å². The summed E-state index contributed by atoms with van der Waals surface area (Å²) in [5, 5.41) is 13.3. The lowest BCUT2D eigenvalue weighted by atomic mass is 9.99. The summed E-state index contributed by atoms with van der Waals surface area (Å²) in [4.78, 5) is 28.8. The van der Waals surface area contributed by atoms with Gasteiger partial charge in [-0.15, -0.1) is 0 Å². The summed E-state index contributed by atoms with van der Waals surface area (Å²) in [7, 11) is 0. The second-order valence-electron chi connectivity index (χ2n) is 7.55. The molecule has 1 N–H and O–H groups in total. The molecule has 0 bridgehead atoms. The lowest BCUT2D eigenvalue weighted by Crippen LogP contribution is -2.14. The maximum Gasteiger partial charge on any atom is 0.234 e. The Balaban J connectivity index is 1.62. The normalized spacial score (nSPS) is 10.4. The Labute approximate surface area is 202 Å². The molecule has 166 valence electrons. The van der Waals surface area contributed by atoms with Crippen LogP contribution in [-0.2, 0) is 4.79 Å². The summed E-state index contributed by atoms with van der Waals surface area (Å²) < 4.78 is 0. The van der Waals surface area contributed by atoms with Gasteiger partial charge in [0.2, 0.25) is 5.91 Å². The molecule has 34 heavy (non-hydrogen) atoms. The van der Waals surface area contributed by atoms with E-state index in [-0.39, 0.29) is 17.4 Å². The highest BCUT2D eigenvalue weighted by Gasteiger charge is 2.17. The number of nitriles is 1. The minimum Gasteiger partial charge on any atom is -0.325 e. The predicted molar refractivity (Wildman–Crippen MR) is 136 cm³/mol. The molecule has 0 aliphatic carbocycles. The molecule has 0 spiro atoms. The number of anilines is 1. The molecule has 1 heterocycles. The standard InChI is InChI=1S/C28H21N3O2S/c1-19(32)20-12-14-23(15-13-20)30-27(33)18-34-28-25(17-29)24(21-8-4-2-5-9-21)16-26(31-28)22-10-6-3-7-11-22/h2-16H,18H2,1H3,(H,30,33). The fourth-order valence-corrected chi connectivity index (χ4v) is 4.26. The first-order valence-electron chi connectivity index (χ1n) is 10.6. The van der Waals surface area contributed by atoms with Crippen molar-refractivity contribution >= 4 is 29.1 Å². The van der Waals surface area contributed by atoms with Crippen molar-refractivity contribution in [1.82, 2.24) is 4.98 Å². The van der Waals surface area contributed by atoms with Crippen LogP contribution in [0.2, 0.25) is 0 Å². The van der Waals surface area contributed by atoms with Crippen LogP contribution in [0.5, 0.6) is 0 Å². The molecule has 0 saturated heterocycles. The number of nitrogens with zero attached hydrogens (tertiary/aromatic N) is 2. The summed E-state index contributed by atoms with van der Waals surface area (Å²) in [6, 6.07) is 30.4. The molecule has 4 rings (SSSR count). The molecule has 6 heteroatoms. The van der Waals surface area contributed by atoms with Gasteiger partial charge in [-0.05, 0) is 42.8 Å². The molecular formula is C28H21N3O2S. The number of amides is 1. The number of thioether (sulfide) groups is 1. The Morgan fingerprint density at radius 3 is 2.12 bits per heavy atom. The van der Waals surface area contributed by atoms with Crippen LogP contribution in [0.4, 0.5) is 5.69 Å². The van der Waals surface area contributed by atoms with Crippen LogP contribution < -0.4 is 5.32 Å². The van der Waals surface area contributed by atoms with E-state index in [9.17, 15) is 14.9 Å². The smallest absolute Gasteiger partial charge is 0.234 e. The first-order valence-corrected chi connectivity index (χ1v) is 11.6. The minimum absolute atomic E-state index is 0.0314. The number of ketones is 1. The number of nitrogens with one attached hydrogen (secondary N) is 1. The average Bonchev–Trinajstić information content (AvgIpc) is 2.88. The molecule has 4 aromatic rings. The van der Waals surface area contributed by atoms with Crippen molar-refractivity contribution in [2.24, 2.45) is 0 Å². The van der Waals surface area contributed by atoms with E-state index in [0.717, 1.165) is 22.4 Å². The van der Waals surface area contributed by atoms with Crippen molar-refractivity contribution in [3.05, 3.63) is 102 Å². The molecular weight excluding hydrogens is 442 g/mol. The monoisotopic (exact) mass is 463 g/mol. The third kappa shape index (κ3) is 5.40. The van der Waals surface area contributed by atoms with E-state index in [4.69, 9.17) is 4.98 Å². The number of aromatic nitrogens is 1. The number of carbonyl (C=O) groups excluding carboxylic acids is 2. The van der Waals surface area contributed by atoms with Gasteiger partial charge >= 0.3 is 0 Å². The number of hydrogen-bond acceptors (Lipinski definition) is 5. The van der Waals surface area contributed by atoms with Crippen LogP contribution in [0.15, 0.2) is 96.0 Å². The Bertz CT molecular complexity index is 1360. The SMILES string of the molecule is CC(=O)c1ccc(NC(=O)CSc2nc(-c3ccccc3)cc(-c3ccccc3)c2C#N)cc1. The van der Waals surface area contributed by atoms with Gasteiger partial charge in [-0.2, -0.15) is 5.26 Å². The van der Waals surface area contributed by atoms with Gasteiger partial charge in [-0.3, -0.25) is 9.59 Å². The van der Waals surface area contributed by atoms with Gasteiger partial charge in [0.15, 0.2) is 5.78 Å². The van der Waals surface area contributed by atoms with E-state index in [2.05, 4.69) is 11.4 Å². The van der Waals surface area contributed by atoms with Crippen LogP contribution in [0, 0.1) is 11.3 Å². The van der Waals surface area contributed by atoms with Crippen LogP contribution in [0.3, 0.4) is 0 Å². The Hall–Kier alpha value is -4.21. The van der Waals surface area contributed by atoms with Gasteiger partial charge in [0.1, 0.15) is 11.1 Å². The molecule has 0 unspecified atom stereocenters. The van der Waals surface area contributed by atoms with E-state index in [1.807, 2.05) is 66.7 Å². The molecule has 3 aromatic carbocycles. The zero-order valence-electron chi connectivity index (χ0n) is 18.5. The maximum atomic E-state index is 12.6. The molecule has 0 saturated carbocycles. The van der Waals surface area contributed by atoms with Gasteiger partial charge in [0.25, 0.3) is 0 Å². The van der Waals surface area contributed by atoms with Crippen molar-refractivity contribution in [2.75, 3.05) is 11.1 Å². The van der Waals surface area contributed by atoms with Gasteiger partial charge < -0.3 is 5.32 Å². The summed E-state index contributed by atoms with van der Waals surface area (Å²) in [5.74, 6) is -0.170. The fraction of sp³-hybridized carbons (Fsp3) is 0.0714. The Morgan fingerprint density at radius 1 is 0.912 bits per heavy atom. The molecule has 5 nitrogen and oxygen atoms in total. The largest absolute Gasteiger partial charge is 0.325 e. The number of rotatable bonds is 7. The highest BCUT2D eigenvalue weighted by Crippen LogP contribution is 2.34. The third-order valence-electron chi connectivity index (χ3n) is 5.17. The van der Waals surface area contributed by atoms with Crippen molar-refractivity contribution in [3.8, 4) is 28.5 Å². The maximum absolute atomic E-state index is 12.6. The van der Waals surface area contributed by atoms with Crippen LogP contribution >= 0.6 is 11.8 Å². The quantitative estimate of drug-likeness (QED) is 0.260. The summed E-state index contributed by atoms with van der Waals surface area (Å²) >= 11 is 1.22. The molecule has 1 aromatic heterocycles. The first kappa shape index (κ1) is 23.0. The zero-order chi connectivity index (χ0) is 23.9. The lowest BCUT2D eigenvalue weighted by Gasteiger charge is -2.13. The highest BCUT2D eigenvalue weighted by molar-refractivity contribution is 8.00. The first-order chi connectivity index (χ1) is 16.5. The molecule has 0 radical (unpaired) electrons. The van der Waals surface area contributed by atoms with E-state index >= 15 is 0 Å².